The first-order valence-corrected chi connectivity index (χ1v) is 7.71. The van der Waals surface area contributed by atoms with Crippen molar-refractivity contribution in [3.63, 3.8) is 0 Å². The Bertz CT molecular complexity index is 405. The van der Waals surface area contributed by atoms with Crippen LogP contribution in [0.15, 0.2) is 22.7 Å². The van der Waals surface area contributed by atoms with Gasteiger partial charge in [-0.3, -0.25) is 4.90 Å². The Morgan fingerprint density at radius 3 is 2.74 bits per heavy atom. The molecule has 0 atom stereocenters. The van der Waals surface area contributed by atoms with Gasteiger partial charge in [0.2, 0.25) is 0 Å². The van der Waals surface area contributed by atoms with Gasteiger partial charge < -0.3 is 9.84 Å². The monoisotopic (exact) mass is 327 g/mol. The van der Waals surface area contributed by atoms with Crippen molar-refractivity contribution in [1.82, 2.24) is 4.90 Å². The smallest absolute Gasteiger partial charge is 0.119 e. The van der Waals surface area contributed by atoms with Gasteiger partial charge in [0, 0.05) is 23.6 Å². The van der Waals surface area contributed by atoms with Crippen LogP contribution in [0, 0.1) is 0 Å². The Balaban J connectivity index is 2.11. The number of ether oxygens (including phenoxy) is 1. The summed E-state index contributed by atoms with van der Waals surface area (Å²) in [5.41, 5.74) is 1.22. The van der Waals surface area contributed by atoms with Crippen LogP contribution in [0.4, 0.5) is 0 Å². The molecule has 1 aromatic rings. The maximum atomic E-state index is 9.27. The molecule has 0 radical (unpaired) electrons. The third-order valence-electron chi connectivity index (χ3n) is 3.85. The van der Waals surface area contributed by atoms with Crippen LogP contribution in [-0.4, -0.2) is 36.3 Å². The second-order valence-electron chi connectivity index (χ2n) is 5.09. The van der Waals surface area contributed by atoms with Crippen molar-refractivity contribution in [1.29, 1.82) is 0 Å². The second kappa shape index (κ2) is 7.27. The maximum absolute atomic E-state index is 9.27. The Morgan fingerprint density at radius 1 is 1.37 bits per heavy atom. The van der Waals surface area contributed by atoms with Crippen molar-refractivity contribution in [3.8, 4) is 5.75 Å². The summed E-state index contributed by atoms with van der Waals surface area (Å²) in [5, 5.41) is 9.27. The molecule has 1 aliphatic carbocycles. The van der Waals surface area contributed by atoms with Crippen molar-refractivity contribution in [3.05, 3.63) is 28.2 Å². The normalized spacial score (nSPS) is 16.2. The zero-order valence-corrected chi connectivity index (χ0v) is 13.0. The van der Waals surface area contributed by atoms with E-state index in [0.29, 0.717) is 6.04 Å². The third-order valence-corrected chi connectivity index (χ3v) is 4.63. The minimum absolute atomic E-state index is 0.220. The molecule has 0 saturated heterocycles. The predicted molar refractivity (Wildman–Crippen MR) is 80.4 cm³/mol. The molecule has 0 aliphatic heterocycles. The molecular weight excluding hydrogens is 306 g/mol. The van der Waals surface area contributed by atoms with E-state index in [4.69, 9.17) is 4.74 Å². The van der Waals surface area contributed by atoms with Crippen molar-refractivity contribution in [2.24, 2.45) is 0 Å². The van der Waals surface area contributed by atoms with E-state index in [-0.39, 0.29) is 6.61 Å². The summed E-state index contributed by atoms with van der Waals surface area (Å²) in [7, 11) is 1.69. The number of nitrogens with zero attached hydrogens (tertiary/aromatic N) is 1. The highest BCUT2D eigenvalue weighted by Crippen LogP contribution is 2.28. The van der Waals surface area contributed by atoms with Crippen molar-refractivity contribution in [2.45, 2.75) is 38.3 Å². The molecule has 1 saturated carbocycles. The van der Waals surface area contributed by atoms with E-state index in [9.17, 15) is 5.11 Å². The summed E-state index contributed by atoms with van der Waals surface area (Å²) in [6, 6.07) is 6.67. The molecule has 0 spiro atoms. The minimum atomic E-state index is 0.220. The van der Waals surface area contributed by atoms with Gasteiger partial charge in [0.1, 0.15) is 5.75 Å². The van der Waals surface area contributed by atoms with E-state index in [0.717, 1.165) is 23.3 Å². The Hall–Kier alpha value is -0.580. The molecule has 1 aromatic carbocycles. The molecule has 19 heavy (non-hydrogen) atoms. The standard InChI is InChI=1S/C15H22BrNO2/c1-19-14-6-7-15(16)12(10-14)11-17(8-9-18)13-4-2-3-5-13/h6-7,10,13,18H,2-5,8-9,11H2,1H3. The fourth-order valence-corrected chi connectivity index (χ4v) is 3.18. The van der Waals surface area contributed by atoms with E-state index in [1.165, 1.54) is 31.2 Å². The first kappa shape index (κ1) is 14.8. The molecular formula is C15H22BrNO2. The SMILES string of the molecule is COc1ccc(Br)c(CN(CCO)C2CCCC2)c1. The predicted octanol–water partition coefficient (Wildman–Crippen LogP) is 3.19. The molecule has 4 heteroatoms. The number of aliphatic hydroxyl groups is 1. The molecule has 0 aromatic heterocycles. The largest absolute Gasteiger partial charge is 0.497 e. The Labute approximate surface area is 123 Å². The van der Waals surface area contributed by atoms with Crippen molar-refractivity contribution in [2.75, 3.05) is 20.3 Å². The van der Waals surface area contributed by atoms with Crippen LogP contribution in [0.25, 0.3) is 0 Å². The Morgan fingerprint density at radius 2 is 2.11 bits per heavy atom. The first-order valence-electron chi connectivity index (χ1n) is 6.92. The van der Waals surface area contributed by atoms with Gasteiger partial charge in [-0.15, -0.1) is 0 Å². The number of hydrogen-bond donors (Lipinski definition) is 1. The van der Waals surface area contributed by atoms with Crippen molar-refractivity contribution >= 4 is 15.9 Å². The van der Waals surface area contributed by atoms with Crippen LogP contribution in [-0.2, 0) is 6.54 Å². The van der Waals surface area contributed by atoms with Crippen LogP contribution in [0.2, 0.25) is 0 Å². The number of rotatable bonds is 6. The number of halogens is 1. The van der Waals surface area contributed by atoms with E-state index in [1.54, 1.807) is 7.11 Å². The lowest BCUT2D eigenvalue weighted by Gasteiger charge is -2.28. The van der Waals surface area contributed by atoms with E-state index in [1.807, 2.05) is 12.1 Å². The topological polar surface area (TPSA) is 32.7 Å². The van der Waals surface area contributed by atoms with Crippen molar-refractivity contribution < 1.29 is 9.84 Å². The van der Waals surface area contributed by atoms with E-state index < -0.39 is 0 Å². The summed E-state index contributed by atoms with van der Waals surface area (Å²) >= 11 is 3.60. The van der Waals surface area contributed by atoms with Gasteiger partial charge in [0.05, 0.1) is 13.7 Å². The fourth-order valence-electron chi connectivity index (χ4n) is 2.81. The molecule has 1 N–H and O–H groups in total. The van der Waals surface area contributed by atoms with E-state index >= 15 is 0 Å². The quantitative estimate of drug-likeness (QED) is 0.870. The number of hydrogen-bond acceptors (Lipinski definition) is 3. The highest BCUT2D eigenvalue weighted by atomic mass is 79.9. The molecule has 3 nitrogen and oxygen atoms in total. The van der Waals surface area contributed by atoms with Gasteiger partial charge in [-0.05, 0) is 36.6 Å². The summed E-state index contributed by atoms with van der Waals surface area (Å²) in [6.07, 6.45) is 5.13. The lowest BCUT2D eigenvalue weighted by atomic mass is 10.1. The summed E-state index contributed by atoms with van der Waals surface area (Å²) in [4.78, 5) is 2.40. The van der Waals surface area contributed by atoms with Crippen LogP contribution < -0.4 is 4.74 Å². The minimum Gasteiger partial charge on any atom is -0.497 e. The first-order chi connectivity index (χ1) is 9.24. The number of methoxy groups -OCH3 is 1. The molecule has 106 valence electrons. The molecule has 1 aliphatic rings. The van der Waals surface area contributed by atoms with Gasteiger partial charge in [-0.1, -0.05) is 28.8 Å². The average molecular weight is 328 g/mol. The molecule has 1 fully saturated rings. The molecule has 0 bridgehead atoms. The van der Waals surface area contributed by atoms with Crippen LogP contribution >= 0.6 is 15.9 Å². The molecule has 0 heterocycles. The van der Waals surface area contributed by atoms with Crippen LogP contribution in [0.5, 0.6) is 5.75 Å². The zero-order valence-electron chi connectivity index (χ0n) is 11.4. The Kier molecular flexibility index (Phi) is 5.67. The lowest BCUT2D eigenvalue weighted by molar-refractivity contribution is 0.144. The number of aliphatic hydroxyl groups excluding tert-OH is 1. The molecule has 0 unspecified atom stereocenters. The summed E-state index contributed by atoms with van der Waals surface area (Å²) in [6.45, 7) is 1.83. The van der Waals surface area contributed by atoms with Crippen LogP contribution in [0.3, 0.4) is 0 Å². The second-order valence-corrected chi connectivity index (χ2v) is 5.94. The third kappa shape index (κ3) is 3.94. The highest BCUT2D eigenvalue weighted by Gasteiger charge is 2.22. The van der Waals surface area contributed by atoms with Gasteiger partial charge >= 0.3 is 0 Å². The fraction of sp³-hybridized carbons (Fsp3) is 0.600. The molecule has 2 rings (SSSR count). The zero-order chi connectivity index (χ0) is 13.7. The van der Waals surface area contributed by atoms with Gasteiger partial charge in [0.25, 0.3) is 0 Å². The van der Waals surface area contributed by atoms with Crippen LogP contribution in [0.1, 0.15) is 31.2 Å². The summed E-state index contributed by atoms with van der Waals surface area (Å²) < 4.78 is 6.39. The highest BCUT2D eigenvalue weighted by molar-refractivity contribution is 9.10. The van der Waals surface area contributed by atoms with Gasteiger partial charge in [-0.2, -0.15) is 0 Å². The van der Waals surface area contributed by atoms with E-state index in [2.05, 4.69) is 26.9 Å². The van der Waals surface area contributed by atoms with Gasteiger partial charge in [0.15, 0.2) is 0 Å². The summed E-state index contributed by atoms with van der Waals surface area (Å²) in [5.74, 6) is 0.883. The van der Waals surface area contributed by atoms with Gasteiger partial charge in [-0.25, -0.2) is 0 Å². The maximum Gasteiger partial charge on any atom is 0.119 e. The number of benzene rings is 1. The lowest BCUT2D eigenvalue weighted by Crippen LogP contribution is -2.35. The average Bonchev–Trinajstić information content (AvgIpc) is 2.94. The molecule has 0 amide bonds.